The van der Waals surface area contributed by atoms with E-state index in [1.807, 2.05) is 6.08 Å². The molecule has 4 atom stereocenters. The second-order valence-corrected chi connectivity index (χ2v) is 9.16. The van der Waals surface area contributed by atoms with Gasteiger partial charge in [0.2, 0.25) is 0 Å². The fourth-order valence-electron chi connectivity index (χ4n) is 6.09. The minimum Gasteiger partial charge on any atom is -0.373 e. The van der Waals surface area contributed by atoms with E-state index in [2.05, 4.69) is 51.1 Å². The summed E-state index contributed by atoms with van der Waals surface area (Å²) in [5.74, 6) is 1.47. The Morgan fingerprint density at radius 2 is 1.84 bits per heavy atom. The van der Waals surface area contributed by atoms with Gasteiger partial charge in [0.05, 0.1) is 12.7 Å². The van der Waals surface area contributed by atoms with Crippen LogP contribution >= 0.6 is 0 Å². The third-order valence-corrected chi connectivity index (χ3v) is 7.38. The average Bonchev–Trinajstić information content (AvgIpc) is 2.97. The van der Waals surface area contributed by atoms with E-state index < -0.39 is 0 Å². The molecule has 4 rings (SSSR count). The molecule has 0 bridgehead atoms. The number of hydrogen-bond acceptors (Lipinski definition) is 2. The highest BCUT2D eigenvalue weighted by molar-refractivity contribution is 5.94. The zero-order valence-corrected chi connectivity index (χ0v) is 15.8. The highest BCUT2D eigenvalue weighted by atomic mass is 16.5. The zero-order valence-electron chi connectivity index (χ0n) is 15.8. The van der Waals surface area contributed by atoms with E-state index in [9.17, 15) is 4.79 Å². The molecule has 0 amide bonds. The van der Waals surface area contributed by atoms with Crippen LogP contribution in [-0.2, 0) is 16.1 Å². The van der Waals surface area contributed by atoms with Gasteiger partial charge in [-0.05, 0) is 60.0 Å². The van der Waals surface area contributed by atoms with E-state index in [1.54, 1.807) is 0 Å². The van der Waals surface area contributed by atoms with Gasteiger partial charge in [0.25, 0.3) is 0 Å². The lowest BCUT2D eigenvalue weighted by molar-refractivity contribution is -0.133. The maximum absolute atomic E-state index is 12.0. The molecule has 0 N–H and O–H groups in total. The molecule has 0 saturated heterocycles. The molecule has 0 aliphatic heterocycles. The highest BCUT2D eigenvalue weighted by Gasteiger charge is 2.56. The molecule has 1 aromatic carbocycles. The molecule has 1 unspecified atom stereocenters. The van der Waals surface area contributed by atoms with Gasteiger partial charge in [0.1, 0.15) is 0 Å². The molecule has 2 nitrogen and oxygen atoms in total. The van der Waals surface area contributed by atoms with E-state index in [-0.39, 0.29) is 10.8 Å². The van der Waals surface area contributed by atoms with Crippen molar-refractivity contribution in [1.82, 2.24) is 0 Å². The number of rotatable bonds is 3. The van der Waals surface area contributed by atoms with Crippen molar-refractivity contribution in [3.05, 3.63) is 47.5 Å². The monoisotopic (exact) mass is 338 g/mol. The first kappa shape index (κ1) is 17.0. The van der Waals surface area contributed by atoms with Crippen LogP contribution in [0.25, 0.3) is 0 Å². The molecule has 2 saturated carbocycles. The van der Waals surface area contributed by atoms with Crippen LogP contribution in [0, 0.1) is 22.7 Å². The topological polar surface area (TPSA) is 26.3 Å². The Balaban J connectivity index is 1.54. The van der Waals surface area contributed by atoms with Crippen LogP contribution in [0.15, 0.2) is 42.0 Å². The molecule has 3 aliphatic carbocycles. The molecular formula is C23H30O2. The number of ketones is 1. The van der Waals surface area contributed by atoms with Crippen molar-refractivity contribution in [2.24, 2.45) is 22.7 Å². The standard InChI is InChI=1S/C23H30O2/c1-22(2)20-10-9-17-13-18(24)14-19(17)23(20,3)12-11-21(22)25-15-16-7-5-4-6-8-16/h4-8,14,17,20-21H,9-13,15H2,1-3H3/t17-,20?,21-,23+/m0/s1. The summed E-state index contributed by atoms with van der Waals surface area (Å²) in [5, 5.41) is 0. The van der Waals surface area contributed by atoms with Gasteiger partial charge in [-0.2, -0.15) is 0 Å². The smallest absolute Gasteiger partial charge is 0.156 e. The number of carbonyl (C=O) groups excluding carboxylic acids is 1. The molecule has 2 fully saturated rings. The maximum Gasteiger partial charge on any atom is 0.156 e. The van der Waals surface area contributed by atoms with Crippen LogP contribution in [0.3, 0.4) is 0 Å². The van der Waals surface area contributed by atoms with E-state index in [1.165, 1.54) is 24.0 Å². The van der Waals surface area contributed by atoms with Gasteiger partial charge in [0.15, 0.2) is 5.78 Å². The summed E-state index contributed by atoms with van der Waals surface area (Å²) in [4.78, 5) is 12.0. The quantitative estimate of drug-likeness (QED) is 0.745. The molecule has 0 spiro atoms. The summed E-state index contributed by atoms with van der Waals surface area (Å²) >= 11 is 0. The van der Waals surface area contributed by atoms with Crippen LogP contribution in [0.1, 0.15) is 58.4 Å². The van der Waals surface area contributed by atoms with Gasteiger partial charge in [-0.25, -0.2) is 0 Å². The molecule has 0 aromatic heterocycles. The lowest BCUT2D eigenvalue weighted by Crippen LogP contribution is -2.53. The zero-order chi connectivity index (χ0) is 17.7. The van der Waals surface area contributed by atoms with E-state index in [4.69, 9.17) is 4.74 Å². The van der Waals surface area contributed by atoms with Gasteiger partial charge in [-0.3, -0.25) is 4.79 Å². The van der Waals surface area contributed by atoms with Crippen molar-refractivity contribution in [3.63, 3.8) is 0 Å². The average molecular weight is 338 g/mol. The van der Waals surface area contributed by atoms with Crippen LogP contribution in [0.5, 0.6) is 0 Å². The second kappa shape index (κ2) is 6.09. The van der Waals surface area contributed by atoms with Crippen molar-refractivity contribution in [2.75, 3.05) is 0 Å². The Morgan fingerprint density at radius 3 is 2.60 bits per heavy atom. The van der Waals surface area contributed by atoms with Gasteiger partial charge in [0, 0.05) is 6.42 Å². The molecule has 1 aromatic rings. The molecule has 0 heterocycles. The number of carbonyl (C=O) groups is 1. The summed E-state index contributed by atoms with van der Waals surface area (Å²) in [6.45, 7) is 7.90. The lowest BCUT2D eigenvalue weighted by Gasteiger charge is -2.58. The summed E-state index contributed by atoms with van der Waals surface area (Å²) in [5.41, 5.74) is 3.03. The van der Waals surface area contributed by atoms with Gasteiger partial charge < -0.3 is 4.74 Å². The number of hydrogen-bond donors (Lipinski definition) is 0. The fourth-order valence-corrected chi connectivity index (χ4v) is 6.09. The van der Waals surface area contributed by atoms with Crippen LogP contribution in [0.4, 0.5) is 0 Å². The number of benzene rings is 1. The van der Waals surface area contributed by atoms with Crippen LogP contribution in [0.2, 0.25) is 0 Å². The Morgan fingerprint density at radius 1 is 1.08 bits per heavy atom. The first-order chi connectivity index (χ1) is 11.9. The summed E-state index contributed by atoms with van der Waals surface area (Å²) in [6.07, 6.45) is 7.68. The Labute approximate surface area is 151 Å². The van der Waals surface area contributed by atoms with Crippen molar-refractivity contribution < 1.29 is 9.53 Å². The van der Waals surface area contributed by atoms with Gasteiger partial charge in [-0.15, -0.1) is 0 Å². The molecule has 0 radical (unpaired) electrons. The van der Waals surface area contributed by atoms with Crippen molar-refractivity contribution in [3.8, 4) is 0 Å². The summed E-state index contributed by atoms with van der Waals surface area (Å²) in [6, 6.07) is 10.5. The summed E-state index contributed by atoms with van der Waals surface area (Å²) in [7, 11) is 0. The predicted octanol–water partition coefficient (Wildman–Crippen LogP) is 5.32. The molecular weight excluding hydrogens is 308 g/mol. The minimum absolute atomic E-state index is 0.138. The Hall–Kier alpha value is -1.41. The van der Waals surface area contributed by atoms with Crippen LogP contribution in [-0.4, -0.2) is 11.9 Å². The van der Waals surface area contributed by atoms with Crippen LogP contribution < -0.4 is 0 Å². The van der Waals surface area contributed by atoms with Gasteiger partial charge >= 0.3 is 0 Å². The minimum atomic E-state index is 0.138. The van der Waals surface area contributed by atoms with Gasteiger partial charge in [-0.1, -0.05) is 56.7 Å². The fraction of sp³-hybridized carbons (Fsp3) is 0.609. The van der Waals surface area contributed by atoms with E-state index in [0.717, 1.165) is 19.3 Å². The lowest BCUT2D eigenvalue weighted by atomic mass is 9.48. The molecule has 2 heteroatoms. The first-order valence-corrected chi connectivity index (χ1v) is 9.81. The summed E-state index contributed by atoms with van der Waals surface area (Å²) < 4.78 is 6.42. The molecule has 3 aliphatic rings. The third-order valence-electron chi connectivity index (χ3n) is 7.38. The Kier molecular flexibility index (Phi) is 4.15. The first-order valence-electron chi connectivity index (χ1n) is 9.81. The van der Waals surface area contributed by atoms with Crippen molar-refractivity contribution >= 4 is 5.78 Å². The third kappa shape index (κ3) is 2.79. The van der Waals surface area contributed by atoms with E-state index >= 15 is 0 Å². The second-order valence-electron chi connectivity index (χ2n) is 9.16. The highest BCUT2D eigenvalue weighted by Crippen LogP contribution is 2.63. The van der Waals surface area contributed by atoms with Crippen molar-refractivity contribution in [1.29, 1.82) is 0 Å². The number of allylic oxidation sites excluding steroid dienone is 2. The largest absolute Gasteiger partial charge is 0.373 e. The molecule has 134 valence electrons. The maximum atomic E-state index is 12.0. The normalized spacial score (nSPS) is 36.5. The predicted molar refractivity (Wildman–Crippen MR) is 100 cm³/mol. The molecule has 25 heavy (non-hydrogen) atoms. The SMILES string of the molecule is CC1(C)C2CC[C@H]3CC(=O)C=C3[C@@]2(C)CC[C@@H]1OCc1ccccc1. The Bertz CT molecular complexity index is 687. The number of fused-ring (bicyclic) bond motifs is 3. The number of ether oxygens (including phenoxy) is 1. The van der Waals surface area contributed by atoms with Crippen molar-refractivity contribution in [2.45, 2.75) is 65.6 Å². The van der Waals surface area contributed by atoms with E-state index in [0.29, 0.717) is 30.3 Å².